The van der Waals surface area contributed by atoms with Crippen LogP contribution < -0.4 is 5.32 Å². The number of hydrogen-bond acceptors (Lipinski definition) is 4. The van der Waals surface area contributed by atoms with Crippen molar-refractivity contribution in [3.05, 3.63) is 0 Å². The second-order valence-electron chi connectivity index (χ2n) is 5.03. The molecule has 0 aliphatic rings. The first-order chi connectivity index (χ1) is 8.03. The molecule has 0 saturated heterocycles. The fraction of sp³-hybridized carbons (Fsp3) is 0.727. The van der Waals surface area contributed by atoms with Gasteiger partial charge < -0.3 is 20.1 Å². The van der Waals surface area contributed by atoms with Gasteiger partial charge in [-0.15, -0.1) is 0 Å². The smallest absolute Gasteiger partial charge is 0.408 e. The summed E-state index contributed by atoms with van der Waals surface area (Å²) in [5.74, 6) is -1.67. The predicted molar refractivity (Wildman–Crippen MR) is 64.1 cm³/mol. The van der Waals surface area contributed by atoms with Gasteiger partial charge in [0.25, 0.3) is 0 Å². The molecule has 104 valence electrons. The van der Waals surface area contributed by atoms with Crippen molar-refractivity contribution in [2.24, 2.45) is 0 Å². The summed E-state index contributed by atoms with van der Waals surface area (Å²) in [6.45, 7) is 5.02. The normalized spacial score (nSPS) is 12.5. The van der Waals surface area contributed by atoms with Crippen molar-refractivity contribution < 1.29 is 24.2 Å². The summed E-state index contributed by atoms with van der Waals surface area (Å²) in [5.41, 5.74) is -0.709. The Morgan fingerprint density at radius 1 is 1.28 bits per heavy atom. The Hall–Kier alpha value is -1.79. The van der Waals surface area contributed by atoms with Gasteiger partial charge in [-0.3, -0.25) is 9.59 Å². The number of carboxylic acid groups (broad SMARTS) is 1. The maximum Gasteiger partial charge on any atom is 0.408 e. The Labute approximate surface area is 106 Å². The molecule has 0 spiro atoms. The molecule has 0 radical (unpaired) electrons. The Kier molecular flexibility index (Phi) is 5.61. The molecule has 18 heavy (non-hydrogen) atoms. The highest BCUT2D eigenvalue weighted by Crippen LogP contribution is 2.07. The third-order valence-electron chi connectivity index (χ3n) is 1.81. The van der Waals surface area contributed by atoms with Gasteiger partial charge in [-0.05, 0) is 20.8 Å². The van der Waals surface area contributed by atoms with Crippen LogP contribution in [-0.2, 0) is 14.3 Å². The number of aliphatic carboxylic acids is 1. The number of nitrogens with one attached hydrogen (secondary N) is 1. The predicted octanol–water partition coefficient (Wildman–Crippen LogP) is 0.443. The molecule has 2 N–H and O–H groups in total. The summed E-state index contributed by atoms with van der Waals surface area (Å²) in [4.78, 5) is 35.0. The SMILES string of the molecule is CN(C)C(=O)C(CC(=O)O)NC(=O)OC(C)(C)C. The van der Waals surface area contributed by atoms with Gasteiger partial charge in [0.05, 0.1) is 6.42 Å². The van der Waals surface area contributed by atoms with Gasteiger partial charge in [0, 0.05) is 14.1 Å². The molecule has 0 heterocycles. The van der Waals surface area contributed by atoms with Crippen molar-refractivity contribution in [3.8, 4) is 0 Å². The van der Waals surface area contributed by atoms with Crippen LogP contribution in [0.1, 0.15) is 27.2 Å². The summed E-state index contributed by atoms with van der Waals surface area (Å²) in [6, 6.07) is -1.13. The number of carbonyl (C=O) groups excluding carboxylic acids is 2. The van der Waals surface area contributed by atoms with E-state index >= 15 is 0 Å². The van der Waals surface area contributed by atoms with E-state index in [0.29, 0.717) is 0 Å². The Bertz CT molecular complexity index is 333. The zero-order valence-corrected chi connectivity index (χ0v) is 11.3. The highest BCUT2D eigenvalue weighted by molar-refractivity contribution is 5.89. The minimum atomic E-state index is -1.17. The molecule has 0 aliphatic heterocycles. The van der Waals surface area contributed by atoms with Crippen molar-refractivity contribution in [1.82, 2.24) is 10.2 Å². The second kappa shape index (κ2) is 6.23. The summed E-state index contributed by atoms with van der Waals surface area (Å²) in [5, 5.41) is 10.9. The minimum Gasteiger partial charge on any atom is -0.481 e. The lowest BCUT2D eigenvalue weighted by Gasteiger charge is -2.24. The van der Waals surface area contributed by atoms with E-state index in [4.69, 9.17) is 9.84 Å². The number of ether oxygens (including phenoxy) is 1. The van der Waals surface area contributed by atoms with Crippen molar-refractivity contribution in [2.45, 2.75) is 38.8 Å². The molecule has 0 fully saturated rings. The highest BCUT2D eigenvalue weighted by atomic mass is 16.6. The quantitative estimate of drug-likeness (QED) is 0.764. The lowest BCUT2D eigenvalue weighted by atomic mass is 10.2. The van der Waals surface area contributed by atoms with Gasteiger partial charge in [-0.1, -0.05) is 0 Å². The van der Waals surface area contributed by atoms with Crippen molar-refractivity contribution in [3.63, 3.8) is 0 Å². The zero-order chi connectivity index (χ0) is 14.5. The fourth-order valence-corrected chi connectivity index (χ4v) is 1.14. The van der Waals surface area contributed by atoms with E-state index in [-0.39, 0.29) is 0 Å². The number of amides is 2. The van der Waals surface area contributed by atoms with Gasteiger partial charge in [0.1, 0.15) is 11.6 Å². The molecule has 1 unspecified atom stereocenters. The number of carboxylic acids is 1. The number of likely N-dealkylation sites (N-methyl/N-ethyl adjacent to an activating group) is 1. The van der Waals surface area contributed by atoms with E-state index in [2.05, 4.69) is 5.32 Å². The molecule has 7 heteroatoms. The van der Waals surface area contributed by atoms with Crippen LogP contribution in [0.2, 0.25) is 0 Å². The van der Waals surface area contributed by atoms with E-state index in [1.165, 1.54) is 19.0 Å². The number of carbonyl (C=O) groups is 3. The molecule has 0 rings (SSSR count). The van der Waals surface area contributed by atoms with Crippen LogP contribution in [0.5, 0.6) is 0 Å². The molecule has 0 aliphatic carbocycles. The molecule has 2 amide bonds. The molecule has 0 bridgehead atoms. The molecule has 1 atom stereocenters. The first-order valence-corrected chi connectivity index (χ1v) is 5.45. The van der Waals surface area contributed by atoms with Crippen molar-refractivity contribution in [2.75, 3.05) is 14.1 Å². The molecule has 0 aromatic heterocycles. The standard InChI is InChI=1S/C11H20N2O5/c1-11(2,3)18-10(17)12-7(6-8(14)15)9(16)13(4)5/h7H,6H2,1-5H3,(H,12,17)(H,14,15). The maximum atomic E-state index is 11.7. The van der Waals surface area contributed by atoms with Crippen LogP contribution in [0.3, 0.4) is 0 Å². The number of alkyl carbamates (subject to hydrolysis) is 1. The van der Waals surface area contributed by atoms with Crippen molar-refractivity contribution >= 4 is 18.0 Å². The van der Waals surface area contributed by atoms with Crippen LogP contribution in [0, 0.1) is 0 Å². The Balaban J connectivity index is 4.65. The van der Waals surface area contributed by atoms with Crippen LogP contribution in [0.4, 0.5) is 4.79 Å². The number of nitrogens with zero attached hydrogens (tertiary/aromatic N) is 1. The third-order valence-corrected chi connectivity index (χ3v) is 1.81. The summed E-state index contributed by atoms with van der Waals surface area (Å²) in [7, 11) is 2.96. The first kappa shape index (κ1) is 16.2. The molecule has 0 saturated carbocycles. The topological polar surface area (TPSA) is 95.9 Å². The Morgan fingerprint density at radius 2 is 1.78 bits per heavy atom. The molecule has 0 aromatic carbocycles. The second-order valence-corrected chi connectivity index (χ2v) is 5.03. The van der Waals surface area contributed by atoms with Gasteiger partial charge in [0.2, 0.25) is 5.91 Å². The van der Waals surface area contributed by atoms with E-state index < -0.39 is 36.0 Å². The van der Waals surface area contributed by atoms with Crippen LogP contribution >= 0.6 is 0 Å². The highest BCUT2D eigenvalue weighted by Gasteiger charge is 2.27. The number of rotatable bonds is 4. The third kappa shape index (κ3) is 6.72. The average Bonchev–Trinajstić information content (AvgIpc) is 2.11. The lowest BCUT2D eigenvalue weighted by Crippen LogP contribution is -2.48. The average molecular weight is 260 g/mol. The van der Waals surface area contributed by atoms with Gasteiger partial charge in [0.15, 0.2) is 0 Å². The zero-order valence-electron chi connectivity index (χ0n) is 11.3. The van der Waals surface area contributed by atoms with Gasteiger partial charge >= 0.3 is 12.1 Å². The minimum absolute atomic E-state index is 0.490. The van der Waals surface area contributed by atoms with Crippen LogP contribution in [0.25, 0.3) is 0 Å². The van der Waals surface area contributed by atoms with E-state index in [1.807, 2.05) is 0 Å². The first-order valence-electron chi connectivity index (χ1n) is 5.45. The molecule has 0 aromatic rings. The van der Waals surface area contributed by atoms with E-state index in [0.717, 1.165) is 0 Å². The monoisotopic (exact) mass is 260 g/mol. The largest absolute Gasteiger partial charge is 0.481 e. The molecular formula is C11H20N2O5. The van der Waals surface area contributed by atoms with Gasteiger partial charge in [-0.2, -0.15) is 0 Å². The van der Waals surface area contributed by atoms with E-state index in [9.17, 15) is 14.4 Å². The summed E-state index contributed by atoms with van der Waals surface area (Å²) < 4.78 is 4.97. The summed E-state index contributed by atoms with van der Waals surface area (Å²) >= 11 is 0. The summed E-state index contributed by atoms with van der Waals surface area (Å²) in [6.07, 6.45) is -1.31. The lowest BCUT2D eigenvalue weighted by molar-refractivity contribution is -0.141. The van der Waals surface area contributed by atoms with Crippen LogP contribution in [0.15, 0.2) is 0 Å². The fourth-order valence-electron chi connectivity index (χ4n) is 1.14. The maximum absolute atomic E-state index is 11.7. The van der Waals surface area contributed by atoms with Crippen molar-refractivity contribution in [1.29, 1.82) is 0 Å². The van der Waals surface area contributed by atoms with E-state index in [1.54, 1.807) is 20.8 Å². The molecular weight excluding hydrogens is 240 g/mol. The number of hydrogen-bond donors (Lipinski definition) is 2. The Morgan fingerprint density at radius 3 is 2.11 bits per heavy atom. The molecule has 7 nitrogen and oxygen atoms in total. The van der Waals surface area contributed by atoms with Crippen LogP contribution in [-0.4, -0.2) is 53.7 Å². The van der Waals surface area contributed by atoms with Gasteiger partial charge in [-0.25, -0.2) is 4.79 Å².